The van der Waals surface area contributed by atoms with E-state index in [0.29, 0.717) is 0 Å². The maximum atomic E-state index is 11.9. The van der Waals surface area contributed by atoms with Gasteiger partial charge in [0, 0.05) is 29.3 Å². The van der Waals surface area contributed by atoms with Gasteiger partial charge in [-0.2, -0.15) is 0 Å². The van der Waals surface area contributed by atoms with Gasteiger partial charge in [-0.3, -0.25) is 4.79 Å². The second kappa shape index (κ2) is 7.86. The standard InChI is InChI=1S/C11H15IN2O.ClH/c1-13-6-7-14(2)11(15)9-4-3-5-10(12)8-9;/h3-5,8,13H,6-7H2,1-2H3;1H. The van der Waals surface area contributed by atoms with Gasteiger partial charge in [0.2, 0.25) is 0 Å². The van der Waals surface area contributed by atoms with Gasteiger partial charge in [-0.1, -0.05) is 6.07 Å². The lowest BCUT2D eigenvalue weighted by Gasteiger charge is -2.16. The number of carbonyl (C=O) groups excluding carboxylic acids is 1. The summed E-state index contributed by atoms with van der Waals surface area (Å²) in [6.45, 7) is 1.53. The number of hydrogen-bond acceptors (Lipinski definition) is 2. The third kappa shape index (κ3) is 4.67. The molecule has 0 saturated carbocycles. The van der Waals surface area contributed by atoms with Crippen molar-refractivity contribution in [3.8, 4) is 0 Å². The summed E-state index contributed by atoms with van der Waals surface area (Å²) in [4.78, 5) is 13.6. The Morgan fingerprint density at radius 3 is 2.75 bits per heavy atom. The van der Waals surface area contributed by atoms with Crippen LogP contribution in [0.1, 0.15) is 10.4 Å². The first-order valence-electron chi connectivity index (χ1n) is 4.81. The fourth-order valence-electron chi connectivity index (χ4n) is 1.22. The molecule has 0 saturated heterocycles. The molecule has 0 radical (unpaired) electrons. The van der Waals surface area contributed by atoms with Crippen molar-refractivity contribution in [2.24, 2.45) is 0 Å². The fourth-order valence-corrected chi connectivity index (χ4v) is 1.77. The number of benzene rings is 1. The predicted octanol–water partition coefficient (Wildman–Crippen LogP) is 2.00. The molecule has 1 amide bonds. The van der Waals surface area contributed by atoms with Crippen molar-refractivity contribution in [1.82, 2.24) is 10.2 Å². The van der Waals surface area contributed by atoms with Crippen molar-refractivity contribution in [3.63, 3.8) is 0 Å². The number of halogens is 2. The van der Waals surface area contributed by atoms with Gasteiger partial charge in [0.15, 0.2) is 0 Å². The number of nitrogens with one attached hydrogen (secondary N) is 1. The highest BCUT2D eigenvalue weighted by molar-refractivity contribution is 14.1. The molecule has 0 fully saturated rings. The highest BCUT2D eigenvalue weighted by Gasteiger charge is 2.10. The number of likely N-dealkylation sites (N-methyl/N-ethyl adjacent to an activating group) is 2. The number of rotatable bonds is 4. The number of carbonyl (C=O) groups is 1. The molecule has 0 spiro atoms. The van der Waals surface area contributed by atoms with Gasteiger partial charge in [0.05, 0.1) is 0 Å². The molecule has 0 aromatic heterocycles. The average molecular weight is 355 g/mol. The van der Waals surface area contributed by atoms with Crippen LogP contribution < -0.4 is 5.32 Å². The van der Waals surface area contributed by atoms with Crippen LogP contribution in [0.4, 0.5) is 0 Å². The van der Waals surface area contributed by atoms with Crippen LogP contribution in [0.15, 0.2) is 24.3 Å². The van der Waals surface area contributed by atoms with E-state index in [-0.39, 0.29) is 18.3 Å². The summed E-state index contributed by atoms with van der Waals surface area (Å²) in [6.07, 6.45) is 0. The molecule has 0 aliphatic heterocycles. The lowest BCUT2D eigenvalue weighted by atomic mass is 10.2. The molecular weight excluding hydrogens is 338 g/mol. The molecule has 16 heavy (non-hydrogen) atoms. The summed E-state index contributed by atoms with van der Waals surface area (Å²) >= 11 is 2.21. The Hall–Kier alpha value is -0.330. The molecule has 0 aliphatic carbocycles. The molecule has 90 valence electrons. The van der Waals surface area contributed by atoms with Gasteiger partial charge in [-0.15, -0.1) is 12.4 Å². The van der Waals surface area contributed by atoms with E-state index in [9.17, 15) is 4.79 Å². The first kappa shape index (κ1) is 15.7. The molecule has 3 nitrogen and oxygen atoms in total. The minimum absolute atomic E-state index is 0. The third-order valence-electron chi connectivity index (χ3n) is 2.12. The van der Waals surface area contributed by atoms with Crippen molar-refractivity contribution >= 4 is 40.9 Å². The van der Waals surface area contributed by atoms with E-state index >= 15 is 0 Å². The van der Waals surface area contributed by atoms with E-state index in [0.717, 1.165) is 22.2 Å². The van der Waals surface area contributed by atoms with Gasteiger partial charge < -0.3 is 10.2 Å². The van der Waals surface area contributed by atoms with E-state index < -0.39 is 0 Å². The molecule has 1 aromatic carbocycles. The summed E-state index contributed by atoms with van der Waals surface area (Å²) < 4.78 is 1.08. The fraction of sp³-hybridized carbons (Fsp3) is 0.364. The normalized spacial score (nSPS) is 9.44. The third-order valence-corrected chi connectivity index (χ3v) is 2.79. The van der Waals surface area contributed by atoms with Crippen LogP contribution in [-0.2, 0) is 0 Å². The van der Waals surface area contributed by atoms with Gasteiger partial charge >= 0.3 is 0 Å². The predicted molar refractivity (Wildman–Crippen MR) is 77.3 cm³/mol. The smallest absolute Gasteiger partial charge is 0.253 e. The lowest BCUT2D eigenvalue weighted by Crippen LogP contribution is -2.32. The number of amides is 1. The summed E-state index contributed by atoms with van der Waals surface area (Å²) in [5, 5.41) is 3.02. The zero-order valence-electron chi connectivity index (χ0n) is 9.37. The van der Waals surface area contributed by atoms with Crippen LogP contribution in [0.25, 0.3) is 0 Å². The average Bonchev–Trinajstić information content (AvgIpc) is 2.24. The van der Waals surface area contributed by atoms with Crippen molar-refractivity contribution in [2.45, 2.75) is 0 Å². The van der Waals surface area contributed by atoms with Gasteiger partial charge in [-0.05, 0) is 47.8 Å². The van der Waals surface area contributed by atoms with E-state index in [1.807, 2.05) is 38.4 Å². The van der Waals surface area contributed by atoms with Gasteiger partial charge in [-0.25, -0.2) is 0 Å². The van der Waals surface area contributed by atoms with Crippen LogP contribution in [0.5, 0.6) is 0 Å². The van der Waals surface area contributed by atoms with Crippen LogP contribution in [0.3, 0.4) is 0 Å². The molecule has 0 atom stereocenters. The summed E-state index contributed by atoms with van der Waals surface area (Å²) in [5.74, 6) is 0.0729. The van der Waals surface area contributed by atoms with Crippen LogP contribution in [0.2, 0.25) is 0 Å². The maximum Gasteiger partial charge on any atom is 0.253 e. The molecule has 0 unspecified atom stereocenters. The first-order chi connectivity index (χ1) is 7.15. The molecule has 0 aliphatic rings. The Morgan fingerprint density at radius 2 is 2.19 bits per heavy atom. The monoisotopic (exact) mass is 354 g/mol. The zero-order valence-corrected chi connectivity index (χ0v) is 12.3. The highest BCUT2D eigenvalue weighted by atomic mass is 127. The number of nitrogens with zero attached hydrogens (tertiary/aromatic N) is 1. The molecule has 1 aromatic rings. The minimum atomic E-state index is 0. The lowest BCUT2D eigenvalue weighted by molar-refractivity contribution is 0.0797. The largest absolute Gasteiger partial charge is 0.340 e. The molecule has 1 rings (SSSR count). The van der Waals surface area contributed by atoms with E-state index in [1.165, 1.54) is 0 Å². The van der Waals surface area contributed by atoms with Crippen LogP contribution in [-0.4, -0.2) is 38.0 Å². The van der Waals surface area contributed by atoms with Gasteiger partial charge in [0.1, 0.15) is 0 Å². The highest BCUT2D eigenvalue weighted by Crippen LogP contribution is 2.09. The Kier molecular flexibility index (Phi) is 7.70. The second-order valence-corrected chi connectivity index (χ2v) is 4.59. The minimum Gasteiger partial charge on any atom is -0.340 e. The van der Waals surface area contributed by atoms with Crippen LogP contribution in [0, 0.1) is 3.57 Å². The summed E-state index contributed by atoms with van der Waals surface area (Å²) in [6, 6.07) is 7.63. The SMILES string of the molecule is CNCCN(C)C(=O)c1cccc(I)c1.Cl. The Bertz CT molecular complexity index is 347. The first-order valence-corrected chi connectivity index (χ1v) is 5.88. The van der Waals surface area contributed by atoms with Crippen LogP contribution >= 0.6 is 35.0 Å². The van der Waals surface area contributed by atoms with Gasteiger partial charge in [0.25, 0.3) is 5.91 Å². The molecule has 0 bridgehead atoms. The zero-order chi connectivity index (χ0) is 11.3. The van der Waals surface area contributed by atoms with E-state index in [2.05, 4.69) is 27.9 Å². The van der Waals surface area contributed by atoms with E-state index in [4.69, 9.17) is 0 Å². The summed E-state index contributed by atoms with van der Waals surface area (Å²) in [7, 11) is 3.70. The van der Waals surface area contributed by atoms with Crippen molar-refractivity contribution in [2.75, 3.05) is 27.2 Å². The quantitative estimate of drug-likeness (QED) is 0.839. The van der Waals surface area contributed by atoms with Crippen molar-refractivity contribution in [1.29, 1.82) is 0 Å². The second-order valence-electron chi connectivity index (χ2n) is 3.34. The Labute approximate surface area is 116 Å². The molecule has 0 heterocycles. The van der Waals surface area contributed by atoms with E-state index in [1.54, 1.807) is 4.90 Å². The summed E-state index contributed by atoms with van der Waals surface area (Å²) in [5.41, 5.74) is 0.750. The number of hydrogen-bond donors (Lipinski definition) is 1. The Morgan fingerprint density at radius 1 is 1.50 bits per heavy atom. The Balaban J connectivity index is 0.00000225. The maximum absolute atomic E-state index is 11.9. The topological polar surface area (TPSA) is 32.3 Å². The molecular formula is C11H16ClIN2O. The van der Waals surface area contributed by atoms with Crippen molar-refractivity contribution < 1.29 is 4.79 Å². The van der Waals surface area contributed by atoms with Crippen molar-refractivity contribution in [3.05, 3.63) is 33.4 Å². The molecule has 1 N–H and O–H groups in total. The molecule has 5 heteroatoms.